The van der Waals surface area contributed by atoms with E-state index in [1.54, 1.807) is 0 Å². The number of aryl methyl sites for hydroxylation is 1. The van der Waals surface area contributed by atoms with Crippen molar-refractivity contribution in [2.75, 3.05) is 26.8 Å². The molecule has 7 nitrogen and oxygen atoms in total. The van der Waals surface area contributed by atoms with Crippen molar-refractivity contribution in [3.63, 3.8) is 0 Å². The number of hydrogen-bond acceptors (Lipinski definition) is 5. The second-order valence-electron chi connectivity index (χ2n) is 7.22. The summed E-state index contributed by atoms with van der Waals surface area (Å²) >= 11 is 0. The van der Waals surface area contributed by atoms with Gasteiger partial charge in [0.25, 0.3) is 5.91 Å². The first kappa shape index (κ1) is 20.7. The Hall–Kier alpha value is -2.57. The zero-order valence-electron chi connectivity index (χ0n) is 16.4. The van der Waals surface area contributed by atoms with Crippen LogP contribution in [0.15, 0.2) is 18.2 Å². The van der Waals surface area contributed by atoms with E-state index in [0.717, 1.165) is 24.0 Å². The molecule has 27 heavy (non-hydrogen) atoms. The molecule has 2 rings (SSSR count). The second-order valence-corrected chi connectivity index (χ2v) is 7.22. The highest BCUT2D eigenvalue weighted by molar-refractivity contribution is 5.86. The van der Waals surface area contributed by atoms with Gasteiger partial charge in [-0.2, -0.15) is 0 Å². The van der Waals surface area contributed by atoms with Crippen molar-refractivity contribution in [2.24, 2.45) is 0 Å². The summed E-state index contributed by atoms with van der Waals surface area (Å²) in [5, 5.41) is 2.80. The van der Waals surface area contributed by atoms with Crippen molar-refractivity contribution in [1.29, 1.82) is 0 Å². The number of ether oxygens (including phenoxy) is 2. The minimum absolute atomic E-state index is 0.0510. The van der Waals surface area contributed by atoms with Crippen molar-refractivity contribution < 1.29 is 23.9 Å². The Balaban J connectivity index is 1.73. The summed E-state index contributed by atoms with van der Waals surface area (Å²) in [5.74, 6) is -0.298. The molecule has 148 valence electrons. The van der Waals surface area contributed by atoms with Crippen LogP contribution in [-0.4, -0.2) is 55.5 Å². The van der Waals surface area contributed by atoms with Crippen LogP contribution in [0.25, 0.3) is 0 Å². The summed E-state index contributed by atoms with van der Waals surface area (Å²) in [6, 6.07) is 6.12. The number of likely N-dealkylation sites (N-methyl/N-ethyl adjacent to an activating group) is 1. The van der Waals surface area contributed by atoms with Gasteiger partial charge in [0.05, 0.1) is 6.54 Å². The van der Waals surface area contributed by atoms with Gasteiger partial charge in [0.15, 0.2) is 13.2 Å². The fraction of sp³-hybridized carbons (Fsp3) is 0.550. The summed E-state index contributed by atoms with van der Waals surface area (Å²) in [7, 11) is 1.50. The lowest BCUT2D eigenvalue weighted by atomic mass is 10.0. The Bertz CT molecular complexity index is 698. The average Bonchev–Trinajstić information content (AvgIpc) is 3.42. The fourth-order valence-corrected chi connectivity index (χ4v) is 2.37. The molecule has 0 radical (unpaired) electrons. The summed E-state index contributed by atoms with van der Waals surface area (Å²) in [6.45, 7) is 5.31. The molecule has 0 aromatic heterocycles. The molecule has 0 spiro atoms. The Morgan fingerprint density at radius 2 is 1.93 bits per heavy atom. The van der Waals surface area contributed by atoms with Crippen molar-refractivity contribution in [3.8, 4) is 5.75 Å². The fourth-order valence-electron chi connectivity index (χ4n) is 2.37. The van der Waals surface area contributed by atoms with Gasteiger partial charge in [0.1, 0.15) is 5.75 Å². The van der Waals surface area contributed by atoms with E-state index in [-0.39, 0.29) is 25.1 Å². The number of nitrogens with zero attached hydrogens (tertiary/aromatic N) is 1. The van der Waals surface area contributed by atoms with E-state index in [9.17, 15) is 14.4 Å². The molecule has 0 aliphatic heterocycles. The zero-order chi connectivity index (χ0) is 20.0. The van der Waals surface area contributed by atoms with Crippen LogP contribution in [0.5, 0.6) is 5.75 Å². The van der Waals surface area contributed by atoms with Crippen LogP contribution in [0.1, 0.15) is 43.7 Å². The molecule has 0 unspecified atom stereocenters. The summed E-state index contributed by atoms with van der Waals surface area (Å²) in [5.41, 5.74) is 2.04. The minimum Gasteiger partial charge on any atom is -0.482 e. The maximum Gasteiger partial charge on any atom is 0.344 e. The minimum atomic E-state index is -0.631. The molecule has 0 bridgehead atoms. The van der Waals surface area contributed by atoms with Gasteiger partial charge in [0.2, 0.25) is 5.91 Å². The highest BCUT2D eigenvalue weighted by atomic mass is 16.6. The first-order valence-corrected chi connectivity index (χ1v) is 9.18. The van der Waals surface area contributed by atoms with Gasteiger partial charge in [-0.25, -0.2) is 4.79 Å². The Morgan fingerprint density at radius 3 is 2.56 bits per heavy atom. The van der Waals surface area contributed by atoms with E-state index in [0.29, 0.717) is 11.7 Å². The van der Waals surface area contributed by atoms with Crippen LogP contribution in [-0.2, 0) is 19.1 Å². The summed E-state index contributed by atoms with van der Waals surface area (Å²) in [4.78, 5) is 36.7. The third kappa shape index (κ3) is 6.92. The summed E-state index contributed by atoms with van der Waals surface area (Å²) < 4.78 is 10.5. The lowest BCUT2D eigenvalue weighted by molar-refractivity contribution is -0.153. The first-order valence-electron chi connectivity index (χ1n) is 9.18. The summed E-state index contributed by atoms with van der Waals surface area (Å²) in [6.07, 6.45) is 1.97. The molecule has 1 aromatic carbocycles. The zero-order valence-corrected chi connectivity index (χ0v) is 16.4. The average molecular weight is 376 g/mol. The molecule has 2 amide bonds. The van der Waals surface area contributed by atoms with Gasteiger partial charge < -0.3 is 19.7 Å². The number of carbonyl (C=O) groups is 3. The lowest BCUT2D eigenvalue weighted by Gasteiger charge is -2.17. The molecule has 0 atom stereocenters. The Labute approximate surface area is 160 Å². The molecule has 7 heteroatoms. The van der Waals surface area contributed by atoms with Crippen LogP contribution in [0.3, 0.4) is 0 Å². The highest BCUT2D eigenvalue weighted by Gasteiger charge is 2.24. The number of benzene rings is 1. The molecule has 1 saturated carbocycles. The predicted octanol–water partition coefficient (Wildman–Crippen LogP) is 1.78. The number of amides is 2. The van der Waals surface area contributed by atoms with Crippen molar-refractivity contribution in [1.82, 2.24) is 10.2 Å². The topological polar surface area (TPSA) is 84.9 Å². The molecular weight excluding hydrogens is 348 g/mol. The first-order chi connectivity index (χ1) is 12.8. The maximum atomic E-state index is 12.0. The second kappa shape index (κ2) is 9.39. The van der Waals surface area contributed by atoms with E-state index in [4.69, 9.17) is 9.47 Å². The predicted molar refractivity (Wildman–Crippen MR) is 101 cm³/mol. The van der Waals surface area contributed by atoms with Gasteiger partial charge >= 0.3 is 5.97 Å². The molecule has 0 heterocycles. The van der Waals surface area contributed by atoms with Crippen molar-refractivity contribution in [3.05, 3.63) is 29.3 Å². The van der Waals surface area contributed by atoms with Crippen LogP contribution in [0, 0.1) is 6.92 Å². The van der Waals surface area contributed by atoms with Crippen LogP contribution < -0.4 is 10.1 Å². The molecule has 1 aliphatic rings. The van der Waals surface area contributed by atoms with Gasteiger partial charge in [-0.05, 0) is 42.9 Å². The third-order valence-electron chi connectivity index (χ3n) is 4.33. The van der Waals surface area contributed by atoms with Gasteiger partial charge in [-0.15, -0.1) is 0 Å². The molecular formula is C20H28N2O5. The maximum absolute atomic E-state index is 12.0. The Kier molecular flexibility index (Phi) is 7.21. The van der Waals surface area contributed by atoms with Gasteiger partial charge in [-0.3, -0.25) is 9.59 Å². The number of nitrogens with one attached hydrogen (secondary N) is 1. The SMILES string of the molecule is Cc1ccc(C(C)C)cc1OCC(=O)OCC(=O)N(C)CC(=O)NC1CC1. The van der Waals surface area contributed by atoms with Crippen LogP contribution >= 0.6 is 0 Å². The van der Waals surface area contributed by atoms with E-state index >= 15 is 0 Å². The third-order valence-corrected chi connectivity index (χ3v) is 4.33. The quantitative estimate of drug-likeness (QED) is 0.664. The van der Waals surface area contributed by atoms with Crippen LogP contribution in [0.2, 0.25) is 0 Å². The number of rotatable bonds is 9. The lowest BCUT2D eigenvalue weighted by Crippen LogP contribution is -2.40. The van der Waals surface area contributed by atoms with Crippen LogP contribution in [0.4, 0.5) is 0 Å². The van der Waals surface area contributed by atoms with E-state index < -0.39 is 18.5 Å². The van der Waals surface area contributed by atoms with Crippen molar-refractivity contribution >= 4 is 17.8 Å². The van der Waals surface area contributed by atoms with Gasteiger partial charge in [-0.1, -0.05) is 26.0 Å². The van der Waals surface area contributed by atoms with Gasteiger partial charge in [0, 0.05) is 13.1 Å². The monoisotopic (exact) mass is 376 g/mol. The molecule has 1 N–H and O–H groups in total. The molecule has 1 fully saturated rings. The smallest absolute Gasteiger partial charge is 0.344 e. The molecule has 0 saturated heterocycles. The van der Waals surface area contributed by atoms with E-state index in [2.05, 4.69) is 19.2 Å². The van der Waals surface area contributed by atoms with Crippen molar-refractivity contribution in [2.45, 2.75) is 45.6 Å². The van der Waals surface area contributed by atoms with E-state index in [1.165, 1.54) is 11.9 Å². The normalized spacial score (nSPS) is 13.2. The standard InChI is InChI=1S/C20H28N2O5/c1-13(2)15-6-5-14(3)17(9-15)26-12-20(25)27-11-19(24)22(4)10-18(23)21-16-7-8-16/h5-6,9,13,16H,7-8,10-12H2,1-4H3,(H,21,23). The highest BCUT2D eigenvalue weighted by Crippen LogP contribution is 2.24. The molecule has 1 aromatic rings. The Morgan fingerprint density at radius 1 is 1.22 bits per heavy atom. The molecule has 1 aliphatic carbocycles. The largest absolute Gasteiger partial charge is 0.482 e. The number of esters is 1. The number of carbonyl (C=O) groups excluding carboxylic acids is 3. The number of hydrogen-bond donors (Lipinski definition) is 1. The van der Waals surface area contributed by atoms with E-state index in [1.807, 2.05) is 25.1 Å².